The van der Waals surface area contributed by atoms with Crippen LogP contribution in [0, 0.1) is 0 Å². The first kappa shape index (κ1) is 29.8. The number of hydrogen-bond acceptors (Lipinski definition) is 6. The number of para-hydroxylation sites is 1. The van der Waals surface area contributed by atoms with Crippen molar-refractivity contribution in [3.8, 4) is 22.8 Å². The molecule has 0 aliphatic carbocycles. The molecule has 3 amide bonds. The standard InChI is InChI=1S/C30H27F3N6O3S/c1-2-6-21-8-3-4-10-25(21)39-26(40)18-43-29(39)36-28(41)34-16-15-20-7-5-9-22(17-20)27-35-19-38(37-27)23-11-13-24(14-12-23)42-30(31,32)33/h3-5,7-14,17,19H,2,6,15-16,18H2,1H3,(H,34,41)/b36-29-. The molecule has 3 aromatic carbocycles. The number of carbonyl (C=O) groups is 2. The van der Waals surface area contributed by atoms with E-state index in [1.165, 1.54) is 51.9 Å². The fourth-order valence-electron chi connectivity index (χ4n) is 4.52. The molecular weight excluding hydrogens is 581 g/mol. The number of halogens is 3. The highest BCUT2D eigenvalue weighted by molar-refractivity contribution is 8.15. The molecule has 13 heteroatoms. The van der Waals surface area contributed by atoms with E-state index in [9.17, 15) is 22.8 Å². The van der Waals surface area contributed by atoms with Crippen LogP contribution in [-0.2, 0) is 17.6 Å². The fourth-order valence-corrected chi connectivity index (χ4v) is 5.38. The number of ether oxygens (including phenoxy) is 1. The Bertz CT molecular complexity index is 1640. The lowest BCUT2D eigenvalue weighted by molar-refractivity contribution is -0.274. The topological polar surface area (TPSA) is 102 Å². The average Bonchev–Trinajstić information content (AvgIpc) is 3.61. The Hall–Kier alpha value is -4.65. The second-order valence-corrected chi connectivity index (χ2v) is 10.5. The first-order chi connectivity index (χ1) is 20.7. The molecule has 0 atom stereocenters. The van der Waals surface area contributed by atoms with Gasteiger partial charge in [0.05, 0.1) is 17.1 Å². The molecule has 0 spiro atoms. The number of alkyl halides is 3. The van der Waals surface area contributed by atoms with Gasteiger partial charge in [0.15, 0.2) is 11.0 Å². The molecule has 222 valence electrons. The molecule has 0 radical (unpaired) electrons. The smallest absolute Gasteiger partial charge is 0.406 e. The van der Waals surface area contributed by atoms with Gasteiger partial charge >= 0.3 is 12.4 Å². The second-order valence-electron chi connectivity index (χ2n) is 9.53. The van der Waals surface area contributed by atoms with Crippen LogP contribution in [0.4, 0.5) is 23.7 Å². The molecule has 1 aliphatic rings. The number of benzene rings is 3. The summed E-state index contributed by atoms with van der Waals surface area (Å²) in [4.78, 5) is 35.3. The lowest BCUT2D eigenvalue weighted by atomic mass is 10.1. The number of amidine groups is 1. The number of hydrogen-bond donors (Lipinski definition) is 1. The highest BCUT2D eigenvalue weighted by Gasteiger charge is 2.32. The maximum atomic E-state index is 12.7. The van der Waals surface area contributed by atoms with Gasteiger partial charge in [-0.3, -0.25) is 9.69 Å². The summed E-state index contributed by atoms with van der Waals surface area (Å²) in [5, 5.41) is 7.59. The number of amides is 3. The Balaban J connectivity index is 1.20. The number of carbonyl (C=O) groups excluding carboxylic acids is 2. The number of rotatable bonds is 9. The first-order valence-electron chi connectivity index (χ1n) is 13.5. The predicted molar refractivity (Wildman–Crippen MR) is 158 cm³/mol. The lowest BCUT2D eigenvalue weighted by Gasteiger charge is -2.19. The molecule has 0 unspecified atom stereocenters. The third kappa shape index (κ3) is 7.60. The number of urea groups is 1. The molecule has 1 N–H and O–H groups in total. The Morgan fingerprint density at radius 1 is 1.07 bits per heavy atom. The summed E-state index contributed by atoms with van der Waals surface area (Å²) in [5.41, 5.74) is 3.97. The van der Waals surface area contributed by atoms with Crippen LogP contribution in [0.3, 0.4) is 0 Å². The Morgan fingerprint density at radius 3 is 2.63 bits per heavy atom. The van der Waals surface area contributed by atoms with Crippen molar-refractivity contribution in [3.63, 3.8) is 0 Å². The van der Waals surface area contributed by atoms with Gasteiger partial charge in [0.1, 0.15) is 12.1 Å². The van der Waals surface area contributed by atoms with Crippen molar-refractivity contribution in [2.75, 3.05) is 17.2 Å². The summed E-state index contributed by atoms with van der Waals surface area (Å²) in [6.45, 7) is 2.39. The second kappa shape index (κ2) is 13.1. The van der Waals surface area contributed by atoms with Crippen LogP contribution in [0.2, 0.25) is 0 Å². The number of aliphatic imine (C=N–C) groups is 1. The Morgan fingerprint density at radius 2 is 1.86 bits per heavy atom. The van der Waals surface area contributed by atoms with Crippen molar-refractivity contribution >= 4 is 34.6 Å². The van der Waals surface area contributed by atoms with Gasteiger partial charge in [0.25, 0.3) is 0 Å². The summed E-state index contributed by atoms with van der Waals surface area (Å²) >= 11 is 1.24. The summed E-state index contributed by atoms with van der Waals surface area (Å²) in [7, 11) is 0. The van der Waals surface area contributed by atoms with Crippen LogP contribution in [0.15, 0.2) is 84.1 Å². The predicted octanol–water partition coefficient (Wildman–Crippen LogP) is 6.17. The van der Waals surface area contributed by atoms with Crippen molar-refractivity contribution in [2.24, 2.45) is 4.99 Å². The van der Waals surface area contributed by atoms with Crippen LogP contribution < -0.4 is 15.0 Å². The summed E-state index contributed by atoms with van der Waals surface area (Å²) in [6, 6.07) is 19.9. The monoisotopic (exact) mass is 608 g/mol. The minimum absolute atomic E-state index is 0.111. The number of anilines is 1. The first-order valence-corrected chi connectivity index (χ1v) is 14.5. The summed E-state index contributed by atoms with van der Waals surface area (Å²) in [5.74, 6) is 0.216. The molecule has 9 nitrogen and oxygen atoms in total. The van der Waals surface area contributed by atoms with Gasteiger partial charge in [0, 0.05) is 12.1 Å². The average molecular weight is 609 g/mol. The van der Waals surface area contributed by atoms with E-state index in [0.29, 0.717) is 29.6 Å². The number of aromatic nitrogens is 3. The van der Waals surface area contributed by atoms with Crippen molar-refractivity contribution < 1.29 is 27.5 Å². The van der Waals surface area contributed by atoms with Crippen LogP contribution in [0.25, 0.3) is 17.1 Å². The summed E-state index contributed by atoms with van der Waals surface area (Å²) < 4.78 is 42.6. The number of nitrogens with one attached hydrogen (secondary N) is 1. The molecule has 4 aromatic rings. The van der Waals surface area contributed by atoms with Gasteiger partial charge in [-0.2, -0.15) is 4.99 Å². The normalized spacial score (nSPS) is 14.4. The highest BCUT2D eigenvalue weighted by atomic mass is 32.2. The van der Waals surface area contributed by atoms with Crippen molar-refractivity contribution in [2.45, 2.75) is 32.5 Å². The van der Waals surface area contributed by atoms with E-state index in [2.05, 4.69) is 32.1 Å². The van der Waals surface area contributed by atoms with Crippen LogP contribution in [0.1, 0.15) is 24.5 Å². The van der Waals surface area contributed by atoms with Gasteiger partial charge < -0.3 is 10.1 Å². The molecule has 43 heavy (non-hydrogen) atoms. The zero-order valence-electron chi connectivity index (χ0n) is 23.0. The minimum atomic E-state index is -4.76. The molecule has 2 heterocycles. The van der Waals surface area contributed by atoms with Gasteiger partial charge in [-0.15, -0.1) is 18.3 Å². The molecular formula is C30H27F3N6O3S. The molecule has 0 bridgehead atoms. The quantitative estimate of drug-likeness (QED) is 0.244. The Labute approximate surface area is 249 Å². The van der Waals surface area contributed by atoms with E-state index in [1.807, 2.05) is 48.5 Å². The fraction of sp³-hybridized carbons (Fsp3) is 0.233. The van der Waals surface area contributed by atoms with Gasteiger partial charge in [-0.05, 0) is 60.4 Å². The van der Waals surface area contributed by atoms with E-state index in [-0.39, 0.29) is 17.4 Å². The van der Waals surface area contributed by atoms with Gasteiger partial charge in [0.2, 0.25) is 5.91 Å². The van der Waals surface area contributed by atoms with E-state index >= 15 is 0 Å². The minimum Gasteiger partial charge on any atom is -0.406 e. The van der Waals surface area contributed by atoms with Gasteiger partial charge in [-0.25, -0.2) is 14.5 Å². The number of thioether (sulfide) groups is 1. The molecule has 1 aromatic heterocycles. The lowest BCUT2D eigenvalue weighted by Crippen LogP contribution is -2.32. The zero-order chi connectivity index (χ0) is 30.4. The van der Waals surface area contributed by atoms with Crippen LogP contribution in [0.5, 0.6) is 5.75 Å². The van der Waals surface area contributed by atoms with E-state index < -0.39 is 12.4 Å². The van der Waals surface area contributed by atoms with Crippen LogP contribution in [-0.4, -0.2) is 50.5 Å². The largest absolute Gasteiger partial charge is 0.573 e. The van der Waals surface area contributed by atoms with E-state index in [4.69, 9.17) is 0 Å². The molecule has 5 rings (SSSR count). The number of aryl methyl sites for hydroxylation is 1. The van der Waals surface area contributed by atoms with E-state index in [0.717, 1.165) is 35.2 Å². The summed E-state index contributed by atoms with van der Waals surface area (Å²) in [6.07, 6.45) is -1.04. The van der Waals surface area contributed by atoms with Crippen LogP contribution >= 0.6 is 11.8 Å². The number of nitrogens with zero attached hydrogens (tertiary/aromatic N) is 5. The van der Waals surface area contributed by atoms with Crippen molar-refractivity contribution in [3.05, 3.63) is 90.3 Å². The van der Waals surface area contributed by atoms with Gasteiger partial charge in [-0.1, -0.05) is 61.5 Å². The highest BCUT2D eigenvalue weighted by Crippen LogP contribution is 2.30. The molecule has 1 aliphatic heterocycles. The molecule has 1 fully saturated rings. The van der Waals surface area contributed by atoms with Crippen molar-refractivity contribution in [1.82, 2.24) is 20.1 Å². The third-order valence-corrected chi connectivity index (χ3v) is 7.34. The Kier molecular flexibility index (Phi) is 9.10. The zero-order valence-corrected chi connectivity index (χ0v) is 23.9. The SMILES string of the molecule is CCCc1ccccc1N1C(=O)CS/C1=N\C(=O)NCCc1cccc(-c2ncn(-c3ccc(OC(F)(F)F)cc3)n2)c1. The maximum absolute atomic E-state index is 12.7. The molecule has 1 saturated heterocycles. The molecule has 0 saturated carbocycles. The maximum Gasteiger partial charge on any atom is 0.573 e. The van der Waals surface area contributed by atoms with Crippen molar-refractivity contribution in [1.29, 1.82) is 0 Å². The third-order valence-electron chi connectivity index (χ3n) is 6.42. The van der Waals surface area contributed by atoms with E-state index in [1.54, 1.807) is 0 Å².